The van der Waals surface area contributed by atoms with Crippen molar-refractivity contribution in [1.29, 1.82) is 0 Å². The first kappa shape index (κ1) is 37.0. The van der Waals surface area contributed by atoms with Gasteiger partial charge in [-0.05, 0) is 99.3 Å². The molecule has 3 saturated carbocycles. The molecule has 0 bridgehead atoms. The Balaban J connectivity index is 1.25. The van der Waals surface area contributed by atoms with E-state index in [-0.39, 0.29) is 49.4 Å². The van der Waals surface area contributed by atoms with Crippen LogP contribution >= 0.6 is 0 Å². The summed E-state index contributed by atoms with van der Waals surface area (Å²) in [6.07, 6.45) is 7.84. The summed E-state index contributed by atoms with van der Waals surface area (Å²) in [5.41, 5.74) is 1.81. The molecule has 1 saturated heterocycles. The highest BCUT2D eigenvalue weighted by atomic mass is 16.7. The van der Waals surface area contributed by atoms with Gasteiger partial charge in [-0.2, -0.15) is 0 Å². The van der Waals surface area contributed by atoms with Crippen molar-refractivity contribution >= 4 is 35.1 Å². The predicted molar refractivity (Wildman–Crippen MR) is 190 cm³/mol. The number of oxime groups is 1. The van der Waals surface area contributed by atoms with Gasteiger partial charge in [0.1, 0.15) is 17.9 Å². The molecule has 2 heterocycles. The number of nitrogens with zero attached hydrogens (tertiary/aromatic N) is 2. The van der Waals surface area contributed by atoms with Crippen molar-refractivity contribution in [1.82, 2.24) is 10.2 Å². The number of benzene rings is 1. The molecule has 11 nitrogen and oxygen atoms in total. The summed E-state index contributed by atoms with van der Waals surface area (Å²) in [5.74, 6) is -0.818. The monoisotopic (exact) mass is 705 g/mol. The molecule has 2 aliphatic heterocycles. The third-order valence-electron chi connectivity index (χ3n) is 11.4. The molecule has 0 aromatic heterocycles. The van der Waals surface area contributed by atoms with Crippen LogP contribution in [0, 0.1) is 37.0 Å². The van der Waals surface area contributed by atoms with Crippen molar-refractivity contribution < 1.29 is 38.3 Å². The predicted octanol–water partition coefficient (Wildman–Crippen LogP) is 6.17. The van der Waals surface area contributed by atoms with Gasteiger partial charge in [0.2, 0.25) is 11.7 Å². The van der Waals surface area contributed by atoms with E-state index in [2.05, 4.69) is 10.5 Å². The molecule has 3 aliphatic carbocycles. The van der Waals surface area contributed by atoms with Crippen molar-refractivity contribution in [2.45, 2.75) is 142 Å². The van der Waals surface area contributed by atoms with Crippen molar-refractivity contribution in [3.63, 3.8) is 0 Å². The van der Waals surface area contributed by atoms with Crippen molar-refractivity contribution in [2.75, 3.05) is 13.7 Å². The lowest BCUT2D eigenvalue weighted by Gasteiger charge is -2.35. The maximum absolute atomic E-state index is 14.7. The first-order valence-electron chi connectivity index (χ1n) is 18.9. The Morgan fingerprint density at radius 3 is 2.24 bits per heavy atom. The summed E-state index contributed by atoms with van der Waals surface area (Å²) in [5, 5.41) is 7.34. The van der Waals surface area contributed by atoms with Gasteiger partial charge < -0.3 is 24.5 Å². The minimum absolute atomic E-state index is 0.0805. The Kier molecular flexibility index (Phi) is 10.7. The zero-order chi connectivity index (χ0) is 36.7. The number of Topliss-reactive ketones (excluding diaryl/α,β-unsaturated/α-hetero) is 3. The van der Waals surface area contributed by atoms with E-state index in [1.165, 1.54) is 4.90 Å². The van der Waals surface area contributed by atoms with Gasteiger partial charge in [0.15, 0.2) is 17.2 Å². The van der Waals surface area contributed by atoms with Crippen LogP contribution in [0.1, 0.15) is 121 Å². The zero-order valence-corrected chi connectivity index (χ0v) is 31.2. The maximum Gasteiger partial charge on any atom is 0.408 e. The molecular formula is C40H55N3O8. The zero-order valence-electron chi connectivity index (χ0n) is 31.2. The molecule has 5 aliphatic rings. The van der Waals surface area contributed by atoms with Crippen LogP contribution in [-0.2, 0) is 28.8 Å². The first-order chi connectivity index (χ1) is 24.2. The fourth-order valence-electron chi connectivity index (χ4n) is 8.23. The Labute approximate surface area is 301 Å². The van der Waals surface area contributed by atoms with Gasteiger partial charge in [0.05, 0.1) is 25.4 Å². The molecular weight excluding hydrogens is 650 g/mol. The number of hydrogen-bond donors (Lipinski definition) is 1. The van der Waals surface area contributed by atoms with Crippen LogP contribution in [0.5, 0.6) is 5.75 Å². The number of carbonyl (C=O) groups excluding carboxylic acids is 5. The number of rotatable bonds is 14. The second-order valence-corrected chi connectivity index (χ2v) is 17.1. The van der Waals surface area contributed by atoms with E-state index >= 15 is 0 Å². The van der Waals surface area contributed by atoms with Crippen LogP contribution in [0.15, 0.2) is 17.3 Å². The van der Waals surface area contributed by atoms with E-state index in [1.807, 2.05) is 46.8 Å². The fourth-order valence-corrected chi connectivity index (χ4v) is 8.23. The number of ether oxygens (including phenoxy) is 2. The Morgan fingerprint density at radius 2 is 1.65 bits per heavy atom. The SMILES string of the molecule is COc1c(C)cc(C2=NO[C@]3(C2)C[C@@H](C(=O)CC(CC2CC2)C(=O)C(=O)CC2CC2)N(C(=O)[C@@H](NC(=O)OC2CCCC2)C(C)(C)C)C3)cc1C. The first-order valence-corrected chi connectivity index (χ1v) is 18.9. The Bertz CT molecular complexity index is 1560. The maximum atomic E-state index is 14.7. The highest BCUT2D eigenvalue weighted by Gasteiger charge is 2.55. The molecule has 1 N–H and O–H groups in total. The third kappa shape index (κ3) is 8.66. The summed E-state index contributed by atoms with van der Waals surface area (Å²) in [4.78, 5) is 76.4. The van der Waals surface area contributed by atoms with E-state index in [9.17, 15) is 24.0 Å². The highest BCUT2D eigenvalue weighted by molar-refractivity contribution is 6.38. The van der Waals surface area contributed by atoms with Gasteiger partial charge in [-0.15, -0.1) is 0 Å². The Morgan fingerprint density at radius 1 is 1.00 bits per heavy atom. The molecule has 4 atom stereocenters. The molecule has 1 aromatic rings. The van der Waals surface area contributed by atoms with Crippen LogP contribution in [0.3, 0.4) is 0 Å². The lowest BCUT2D eigenvalue weighted by Crippen LogP contribution is -2.57. The van der Waals surface area contributed by atoms with E-state index in [1.54, 1.807) is 7.11 Å². The van der Waals surface area contributed by atoms with E-state index in [0.29, 0.717) is 24.5 Å². The normalized spacial score (nSPS) is 24.5. The standard InChI is InChI=1S/C40H55N3O8/c1-23-15-27(16-24(2)35(23)49-6)30-20-40(51-42-30)21-31(32(44)19-28(17-25-11-12-25)34(46)33(45)18-26-13-14-26)43(22-40)37(47)36(39(3,4)5)41-38(48)50-29-9-7-8-10-29/h15-16,25-26,28-29,31,36H,7-14,17-22H2,1-6H3,(H,41,48)/t28?,31-,36+,40+/m0/s1. The van der Waals surface area contributed by atoms with E-state index in [4.69, 9.17) is 14.3 Å². The number of hydrogen-bond acceptors (Lipinski definition) is 9. The summed E-state index contributed by atoms with van der Waals surface area (Å²) in [7, 11) is 1.64. The lowest BCUT2D eigenvalue weighted by molar-refractivity contribution is -0.143. The van der Waals surface area contributed by atoms with Gasteiger partial charge in [-0.3, -0.25) is 19.2 Å². The van der Waals surface area contributed by atoms with Gasteiger partial charge >= 0.3 is 6.09 Å². The lowest BCUT2D eigenvalue weighted by atomic mass is 9.84. The molecule has 2 amide bonds. The minimum Gasteiger partial charge on any atom is -0.496 e. The minimum atomic E-state index is -0.991. The largest absolute Gasteiger partial charge is 0.496 e. The second-order valence-electron chi connectivity index (χ2n) is 17.1. The molecule has 0 radical (unpaired) electrons. The topological polar surface area (TPSA) is 141 Å². The van der Waals surface area contributed by atoms with Gasteiger partial charge in [-0.1, -0.05) is 38.8 Å². The van der Waals surface area contributed by atoms with Gasteiger partial charge in [0.25, 0.3) is 0 Å². The van der Waals surface area contributed by atoms with Gasteiger partial charge in [0, 0.05) is 37.2 Å². The molecule has 1 unspecified atom stereocenters. The smallest absolute Gasteiger partial charge is 0.408 e. The Hall–Kier alpha value is -3.76. The molecule has 1 spiro atoms. The van der Waals surface area contributed by atoms with Gasteiger partial charge in [-0.25, -0.2) is 4.79 Å². The van der Waals surface area contributed by atoms with Crippen LogP contribution in [0.4, 0.5) is 4.79 Å². The third-order valence-corrected chi connectivity index (χ3v) is 11.4. The summed E-state index contributed by atoms with van der Waals surface area (Å²) in [6.45, 7) is 9.62. The summed E-state index contributed by atoms with van der Waals surface area (Å²) >= 11 is 0. The number of alkyl carbamates (subject to hydrolysis) is 1. The molecule has 4 fully saturated rings. The van der Waals surface area contributed by atoms with Crippen LogP contribution < -0.4 is 10.1 Å². The quantitative estimate of drug-likeness (QED) is 0.227. The fraction of sp³-hybridized carbons (Fsp3) is 0.700. The number of likely N-dealkylation sites (tertiary alicyclic amines) is 1. The average Bonchev–Trinajstić information content (AvgIpc) is 3.93. The molecule has 278 valence electrons. The summed E-state index contributed by atoms with van der Waals surface area (Å²) < 4.78 is 11.2. The van der Waals surface area contributed by atoms with Crippen molar-refractivity contribution in [3.05, 3.63) is 28.8 Å². The number of ketones is 3. The van der Waals surface area contributed by atoms with E-state index < -0.39 is 46.8 Å². The molecule has 51 heavy (non-hydrogen) atoms. The number of aryl methyl sites for hydroxylation is 2. The van der Waals surface area contributed by atoms with Crippen molar-refractivity contribution in [3.8, 4) is 5.75 Å². The van der Waals surface area contributed by atoms with Crippen LogP contribution in [-0.4, -0.2) is 77.4 Å². The van der Waals surface area contributed by atoms with Crippen molar-refractivity contribution in [2.24, 2.45) is 28.3 Å². The van der Waals surface area contributed by atoms with E-state index in [0.717, 1.165) is 73.8 Å². The molecule has 11 heteroatoms. The number of nitrogens with one attached hydrogen (secondary N) is 1. The molecule has 1 aromatic carbocycles. The number of carbonyl (C=O) groups is 5. The summed E-state index contributed by atoms with van der Waals surface area (Å²) in [6, 6.07) is 2.08. The number of amides is 2. The second kappa shape index (κ2) is 14.7. The average molecular weight is 706 g/mol. The van der Waals surface area contributed by atoms with Crippen LogP contribution in [0.2, 0.25) is 0 Å². The number of methoxy groups -OCH3 is 1. The molecule has 6 rings (SSSR count). The van der Waals surface area contributed by atoms with Crippen LogP contribution in [0.25, 0.3) is 0 Å². The highest BCUT2D eigenvalue weighted by Crippen LogP contribution is 2.43.